The van der Waals surface area contributed by atoms with E-state index in [1.165, 1.54) is 5.69 Å². The average Bonchev–Trinajstić information content (AvgIpc) is 2.31. The zero-order chi connectivity index (χ0) is 8.97. The molecule has 0 aliphatic heterocycles. The van der Waals surface area contributed by atoms with E-state index in [1.807, 2.05) is 24.7 Å². The van der Waals surface area contributed by atoms with Gasteiger partial charge in [-0.25, -0.2) is 0 Å². The average molecular weight is 165 g/mol. The van der Waals surface area contributed by atoms with Crippen molar-refractivity contribution in [2.75, 3.05) is 6.54 Å². The molecular weight excluding hydrogens is 150 g/mol. The SMILES string of the molecule is C=CCNCc1cc(C)nn1C. The van der Waals surface area contributed by atoms with Crippen LogP contribution in [-0.4, -0.2) is 16.3 Å². The molecule has 0 atom stereocenters. The van der Waals surface area contributed by atoms with Crippen molar-refractivity contribution < 1.29 is 0 Å². The summed E-state index contributed by atoms with van der Waals surface area (Å²) in [5, 5.41) is 7.47. The Hall–Kier alpha value is -1.09. The molecule has 66 valence electrons. The number of nitrogens with zero attached hydrogens (tertiary/aromatic N) is 2. The fourth-order valence-corrected chi connectivity index (χ4v) is 1.13. The molecule has 1 aromatic rings. The largest absolute Gasteiger partial charge is 0.308 e. The first kappa shape index (κ1) is 9.00. The van der Waals surface area contributed by atoms with Crippen LogP contribution >= 0.6 is 0 Å². The molecule has 0 bridgehead atoms. The Morgan fingerprint density at radius 1 is 1.75 bits per heavy atom. The van der Waals surface area contributed by atoms with Crippen molar-refractivity contribution in [1.82, 2.24) is 15.1 Å². The summed E-state index contributed by atoms with van der Waals surface area (Å²) in [6.07, 6.45) is 1.85. The summed E-state index contributed by atoms with van der Waals surface area (Å²) in [5.74, 6) is 0. The first-order valence-electron chi connectivity index (χ1n) is 4.05. The van der Waals surface area contributed by atoms with Gasteiger partial charge in [0, 0.05) is 20.1 Å². The van der Waals surface area contributed by atoms with Crippen molar-refractivity contribution in [3.05, 3.63) is 30.1 Å². The molecule has 0 aromatic carbocycles. The van der Waals surface area contributed by atoms with Gasteiger partial charge in [0.15, 0.2) is 0 Å². The third-order valence-corrected chi connectivity index (χ3v) is 1.69. The number of hydrogen-bond acceptors (Lipinski definition) is 2. The molecule has 1 rings (SSSR count). The molecule has 0 aliphatic carbocycles. The molecule has 0 spiro atoms. The van der Waals surface area contributed by atoms with Crippen LogP contribution in [0.2, 0.25) is 0 Å². The summed E-state index contributed by atoms with van der Waals surface area (Å²) in [6, 6.07) is 2.08. The Bertz CT molecular complexity index is 263. The van der Waals surface area contributed by atoms with Crippen LogP contribution in [0.1, 0.15) is 11.4 Å². The first-order valence-corrected chi connectivity index (χ1v) is 4.05. The van der Waals surface area contributed by atoms with E-state index in [0.29, 0.717) is 0 Å². The normalized spacial score (nSPS) is 10.2. The molecule has 0 fully saturated rings. The Morgan fingerprint density at radius 3 is 3.00 bits per heavy atom. The molecule has 3 heteroatoms. The Morgan fingerprint density at radius 2 is 2.50 bits per heavy atom. The summed E-state index contributed by atoms with van der Waals surface area (Å²) >= 11 is 0. The molecular formula is C9H15N3. The highest BCUT2D eigenvalue weighted by atomic mass is 15.3. The lowest BCUT2D eigenvalue weighted by Crippen LogP contribution is -2.15. The van der Waals surface area contributed by atoms with E-state index in [2.05, 4.69) is 23.1 Å². The summed E-state index contributed by atoms with van der Waals surface area (Å²) < 4.78 is 1.89. The summed E-state index contributed by atoms with van der Waals surface area (Å²) in [4.78, 5) is 0. The van der Waals surface area contributed by atoms with Gasteiger partial charge in [-0.15, -0.1) is 6.58 Å². The van der Waals surface area contributed by atoms with Crippen LogP contribution in [0.5, 0.6) is 0 Å². The summed E-state index contributed by atoms with van der Waals surface area (Å²) in [7, 11) is 1.96. The summed E-state index contributed by atoms with van der Waals surface area (Å²) in [5.41, 5.74) is 2.27. The van der Waals surface area contributed by atoms with Crippen LogP contribution in [0.15, 0.2) is 18.7 Å². The Labute approximate surface area is 73.1 Å². The molecule has 0 radical (unpaired) electrons. The Kier molecular flexibility index (Phi) is 3.05. The van der Waals surface area contributed by atoms with Gasteiger partial charge in [0.1, 0.15) is 0 Å². The molecule has 1 heterocycles. The zero-order valence-corrected chi connectivity index (χ0v) is 7.67. The van der Waals surface area contributed by atoms with Crippen LogP contribution in [0.4, 0.5) is 0 Å². The predicted octanol–water partition coefficient (Wildman–Crippen LogP) is 1.00. The molecule has 0 saturated carbocycles. The van der Waals surface area contributed by atoms with Gasteiger partial charge in [-0.05, 0) is 13.0 Å². The third-order valence-electron chi connectivity index (χ3n) is 1.69. The second-order valence-corrected chi connectivity index (χ2v) is 2.82. The minimum atomic E-state index is 0.838. The smallest absolute Gasteiger partial charge is 0.0597 e. The van der Waals surface area contributed by atoms with Crippen LogP contribution in [0.3, 0.4) is 0 Å². The van der Waals surface area contributed by atoms with E-state index in [0.717, 1.165) is 18.8 Å². The minimum absolute atomic E-state index is 0.838. The number of hydrogen-bond donors (Lipinski definition) is 1. The maximum absolute atomic E-state index is 4.24. The molecule has 0 unspecified atom stereocenters. The van der Waals surface area contributed by atoms with Crippen molar-refractivity contribution in [3.63, 3.8) is 0 Å². The molecule has 1 N–H and O–H groups in total. The van der Waals surface area contributed by atoms with Crippen LogP contribution < -0.4 is 5.32 Å². The predicted molar refractivity (Wildman–Crippen MR) is 49.8 cm³/mol. The van der Waals surface area contributed by atoms with Crippen molar-refractivity contribution >= 4 is 0 Å². The van der Waals surface area contributed by atoms with Gasteiger partial charge in [0.05, 0.1) is 11.4 Å². The first-order chi connectivity index (χ1) is 5.74. The van der Waals surface area contributed by atoms with Gasteiger partial charge in [-0.2, -0.15) is 5.10 Å². The standard InChI is InChI=1S/C9H15N3/c1-4-5-10-7-9-6-8(2)11-12(9)3/h4,6,10H,1,5,7H2,2-3H3. The van der Waals surface area contributed by atoms with Crippen molar-refractivity contribution in [2.24, 2.45) is 7.05 Å². The molecule has 12 heavy (non-hydrogen) atoms. The van der Waals surface area contributed by atoms with E-state index in [4.69, 9.17) is 0 Å². The molecule has 0 saturated heterocycles. The Balaban J connectivity index is 2.50. The maximum atomic E-state index is 4.24. The minimum Gasteiger partial charge on any atom is -0.308 e. The van der Waals surface area contributed by atoms with Crippen LogP contribution in [0.25, 0.3) is 0 Å². The monoisotopic (exact) mass is 165 g/mol. The number of rotatable bonds is 4. The van der Waals surface area contributed by atoms with E-state index in [9.17, 15) is 0 Å². The molecule has 3 nitrogen and oxygen atoms in total. The summed E-state index contributed by atoms with van der Waals surface area (Å²) in [6.45, 7) is 7.32. The molecule has 0 amide bonds. The van der Waals surface area contributed by atoms with Crippen molar-refractivity contribution in [3.8, 4) is 0 Å². The van der Waals surface area contributed by atoms with Gasteiger partial charge < -0.3 is 5.32 Å². The van der Waals surface area contributed by atoms with E-state index in [1.54, 1.807) is 0 Å². The number of aromatic nitrogens is 2. The topological polar surface area (TPSA) is 29.9 Å². The molecule has 0 aliphatic rings. The second-order valence-electron chi connectivity index (χ2n) is 2.82. The van der Waals surface area contributed by atoms with Gasteiger partial charge in [-0.1, -0.05) is 6.08 Å². The lowest BCUT2D eigenvalue weighted by atomic mass is 10.3. The quantitative estimate of drug-likeness (QED) is 0.533. The maximum Gasteiger partial charge on any atom is 0.0597 e. The fourth-order valence-electron chi connectivity index (χ4n) is 1.13. The van der Waals surface area contributed by atoms with E-state index in [-0.39, 0.29) is 0 Å². The molecule has 1 aromatic heterocycles. The highest BCUT2D eigenvalue weighted by Gasteiger charge is 1.99. The van der Waals surface area contributed by atoms with E-state index >= 15 is 0 Å². The lowest BCUT2D eigenvalue weighted by molar-refractivity contribution is 0.652. The second kappa shape index (κ2) is 4.07. The van der Waals surface area contributed by atoms with Gasteiger partial charge >= 0.3 is 0 Å². The number of aryl methyl sites for hydroxylation is 2. The van der Waals surface area contributed by atoms with Crippen LogP contribution in [-0.2, 0) is 13.6 Å². The van der Waals surface area contributed by atoms with Crippen molar-refractivity contribution in [1.29, 1.82) is 0 Å². The fraction of sp³-hybridized carbons (Fsp3) is 0.444. The highest BCUT2D eigenvalue weighted by Crippen LogP contribution is 2.00. The van der Waals surface area contributed by atoms with Gasteiger partial charge in [-0.3, -0.25) is 4.68 Å². The highest BCUT2D eigenvalue weighted by molar-refractivity contribution is 5.08. The van der Waals surface area contributed by atoms with Crippen molar-refractivity contribution in [2.45, 2.75) is 13.5 Å². The van der Waals surface area contributed by atoms with Crippen LogP contribution in [0, 0.1) is 6.92 Å². The third kappa shape index (κ3) is 2.20. The zero-order valence-electron chi connectivity index (χ0n) is 7.67. The van der Waals surface area contributed by atoms with E-state index < -0.39 is 0 Å². The number of nitrogens with one attached hydrogen (secondary N) is 1. The lowest BCUT2D eigenvalue weighted by Gasteiger charge is -2.00. The van der Waals surface area contributed by atoms with Gasteiger partial charge in [0.25, 0.3) is 0 Å². The van der Waals surface area contributed by atoms with Gasteiger partial charge in [0.2, 0.25) is 0 Å².